The predicted molar refractivity (Wildman–Crippen MR) is 139 cm³/mol. The van der Waals surface area contributed by atoms with Crippen LogP contribution in [0.2, 0.25) is 0 Å². The van der Waals surface area contributed by atoms with E-state index < -0.39 is 10.0 Å². The molecular formula is C24H27ClN4O2S2. The smallest absolute Gasteiger partial charge is 0.242 e. The molecule has 0 radical (unpaired) electrons. The molecule has 0 amide bonds. The topological polar surface area (TPSA) is 65.5 Å². The van der Waals surface area contributed by atoms with Gasteiger partial charge >= 0.3 is 0 Å². The van der Waals surface area contributed by atoms with Crippen LogP contribution in [0.25, 0.3) is 20.9 Å². The van der Waals surface area contributed by atoms with E-state index in [1.54, 1.807) is 17.5 Å². The minimum Gasteiger partial charge on any atom is -0.368 e. The first-order valence-corrected chi connectivity index (χ1v) is 13.2. The summed E-state index contributed by atoms with van der Waals surface area (Å²) in [7, 11) is -3.59. The summed E-state index contributed by atoms with van der Waals surface area (Å²) in [5.74, 6) is 0. The number of hydrogen-bond acceptors (Lipinski definition) is 6. The van der Waals surface area contributed by atoms with Gasteiger partial charge in [-0.05, 0) is 36.5 Å². The van der Waals surface area contributed by atoms with Crippen LogP contribution in [-0.2, 0) is 10.0 Å². The molecule has 9 heteroatoms. The zero-order valence-electron chi connectivity index (χ0n) is 18.2. The van der Waals surface area contributed by atoms with Gasteiger partial charge < -0.3 is 4.90 Å². The third-order valence-corrected chi connectivity index (χ3v) is 8.42. The summed E-state index contributed by atoms with van der Waals surface area (Å²) in [6.07, 6.45) is 3.89. The number of thiophene rings is 1. The Morgan fingerprint density at radius 3 is 2.61 bits per heavy atom. The first-order chi connectivity index (χ1) is 15.6. The van der Waals surface area contributed by atoms with E-state index in [1.807, 2.05) is 24.3 Å². The quantitative estimate of drug-likeness (QED) is 0.380. The van der Waals surface area contributed by atoms with Crippen molar-refractivity contribution in [1.29, 1.82) is 0 Å². The number of benzene rings is 2. The first kappa shape index (κ1) is 23.9. The lowest BCUT2D eigenvalue weighted by atomic mass is 10.2. The fraction of sp³-hybridized carbons (Fsp3) is 0.292. The Labute approximate surface area is 204 Å². The van der Waals surface area contributed by atoms with Crippen molar-refractivity contribution in [2.24, 2.45) is 0 Å². The van der Waals surface area contributed by atoms with Crippen molar-refractivity contribution in [2.75, 3.05) is 44.2 Å². The second kappa shape index (κ2) is 10.4. The standard InChI is InChI=1S/C24H26N4O2S2.ClH/c29-32(30,24-18-25-17-19-5-1-2-6-20(19)24)26-10-4-11-27-12-14-28(15-13-27)22-7-3-8-23-21(22)9-16-31-23;/h1-3,5-9,16-18,26H,4,10-15H2;1H. The van der Waals surface area contributed by atoms with Gasteiger partial charge in [0, 0.05) is 71.7 Å². The van der Waals surface area contributed by atoms with Gasteiger partial charge in [0.15, 0.2) is 0 Å². The number of piperazine rings is 1. The highest BCUT2D eigenvalue weighted by atomic mass is 35.5. The number of pyridine rings is 1. The van der Waals surface area contributed by atoms with Crippen molar-refractivity contribution in [2.45, 2.75) is 11.3 Å². The van der Waals surface area contributed by atoms with Crippen molar-refractivity contribution in [3.8, 4) is 0 Å². The average Bonchev–Trinajstić information content (AvgIpc) is 3.31. The Morgan fingerprint density at radius 1 is 0.939 bits per heavy atom. The number of anilines is 1. The molecule has 0 atom stereocenters. The summed E-state index contributed by atoms with van der Waals surface area (Å²) in [4.78, 5) is 9.21. The summed E-state index contributed by atoms with van der Waals surface area (Å²) >= 11 is 1.78. The van der Waals surface area contributed by atoms with E-state index in [4.69, 9.17) is 0 Å². The summed E-state index contributed by atoms with van der Waals surface area (Å²) in [5.41, 5.74) is 1.32. The minimum absolute atomic E-state index is 0. The van der Waals surface area contributed by atoms with Gasteiger partial charge in [0.1, 0.15) is 4.90 Å². The highest BCUT2D eigenvalue weighted by Gasteiger charge is 2.20. The largest absolute Gasteiger partial charge is 0.368 e. The van der Waals surface area contributed by atoms with Crippen molar-refractivity contribution < 1.29 is 8.42 Å². The van der Waals surface area contributed by atoms with Crippen LogP contribution in [0, 0.1) is 0 Å². The fourth-order valence-electron chi connectivity index (χ4n) is 4.36. The maximum Gasteiger partial charge on any atom is 0.242 e. The highest BCUT2D eigenvalue weighted by Crippen LogP contribution is 2.31. The lowest BCUT2D eigenvalue weighted by Crippen LogP contribution is -2.47. The number of hydrogen-bond donors (Lipinski definition) is 1. The van der Waals surface area contributed by atoms with Crippen molar-refractivity contribution in [3.63, 3.8) is 0 Å². The van der Waals surface area contributed by atoms with Crippen LogP contribution in [-0.4, -0.2) is 57.6 Å². The SMILES string of the molecule is Cl.O=S(=O)(NCCCN1CCN(c2cccc3sccc23)CC1)c1cncc2ccccc12. The third-order valence-electron chi connectivity index (χ3n) is 6.05. The van der Waals surface area contributed by atoms with E-state index in [-0.39, 0.29) is 17.3 Å². The molecular weight excluding hydrogens is 476 g/mol. The molecule has 1 aliphatic rings. The van der Waals surface area contributed by atoms with Gasteiger partial charge in [0.05, 0.1) is 0 Å². The maximum atomic E-state index is 12.8. The second-order valence-electron chi connectivity index (χ2n) is 8.05. The summed E-state index contributed by atoms with van der Waals surface area (Å²) < 4.78 is 29.7. The molecule has 0 bridgehead atoms. The molecule has 2 aromatic carbocycles. The third kappa shape index (κ3) is 5.15. The Hall–Kier alpha value is -2.23. The lowest BCUT2D eigenvalue weighted by molar-refractivity contribution is 0.255. The summed E-state index contributed by atoms with van der Waals surface area (Å²) in [5, 5.41) is 5.02. The van der Waals surface area contributed by atoms with Gasteiger partial charge in [-0.1, -0.05) is 30.3 Å². The zero-order valence-corrected chi connectivity index (χ0v) is 20.6. The molecule has 3 heterocycles. The van der Waals surface area contributed by atoms with E-state index in [9.17, 15) is 8.42 Å². The van der Waals surface area contributed by atoms with Gasteiger partial charge in [-0.25, -0.2) is 13.1 Å². The van der Waals surface area contributed by atoms with Crippen LogP contribution in [0.3, 0.4) is 0 Å². The number of sulfonamides is 1. The molecule has 0 aliphatic carbocycles. The zero-order chi connectivity index (χ0) is 22.0. The first-order valence-electron chi connectivity index (χ1n) is 10.9. The molecule has 1 fully saturated rings. The summed E-state index contributed by atoms with van der Waals surface area (Å²) in [6, 6.07) is 16.2. The minimum atomic E-state index is -3.59. The fourth-order valence-corrected chi connectivity index (χ4v) is 6.41. The molecule has 4 aromatic rings. The molecule has 174 valence electrons. The molecule has 1 N–H and O–H groups in total. The molecule has 6 nitrogen and oxygen atoms in total. The van der Waals surface area contributed by atoms with Gasteiger partial charge in [-0.2, -0.15) is 0 Å². The Morgan fingerprint density at radius 2 is 1.76 bits per heavy atom. The van der Waals surface area contributed by atoms with Crippen LogP contribution < -0.4 is 9.62 Å². The molecule has 1 saturated heterocycles. The molecule has 2 aromatic heterocycles. The normalized spacial score (nSPS) is 15.1. The molecule has 0 spiro atoms. The van der Waals surface area contributed by atoms with Gasteiger partial charge in [0.2, 0.25) is 10.0 Å². The van der Waals surface area contributed by atoms with E-state index in [1.165, 1.54) is 22.0 Å². The van der Waals surface area contributed by atoms with Crippen molar-refractivity contribution in [3.05, 3.63) is 66.3 Å². The van der Waals surface area contributed by atoms with Crippen LogP contribution in [0.5, 0.6) is 0 Å². The number of aromatic nitrogens is 1. The maximum absolute atomic E-state index is 12.8. The number of halogens is 1. The monoisotopic (exact) mass is 502 g/mol. The molecule has 33 heavy (non-hydrogen) atoms. The number of nitrogens with zero attached hydrogens (tertiary/aromatic N) is 3. The van der Waals surface area contributed by atoms with Gasteiger partial charge in [-0.15, -0.1) is 23.7 Å². The molecule has 0 unspecified atom stereocenters. The number of fused-ring (bicyclic) bond motifs is 2. The predicted octanol–water partition coefficient (Wildman–Crippen LogP) is 4.36. The van der Waals surface area contributed by atoms with E-state index in [2.05, 4.69) is 49.2 Å². The van der Waals surface area contributed by atoms with Gasteiger partial charge in [0.25, 0.3) is 0 Å². The van der Waals surface area contributed by atoms with Gasteiger partial charge in [-0.3, -0.25) is 9.88 Å². The van der Waals surface area contributed by atoms with Crippen LogP contribution in [0.15, 0.2) is 71.2 Å². The van der Waals surface area contributed by atoms with Crippen LogP contribution in [0.1, 0.15) is 6.42 Å². The van der Waals surface area contributed by atoms with Crippen LogP contribution >= 0.6 is 23.7 Å². The molecule has 5 rings (SSSR count). The second-order valence-corrected chi connectivity index (χ2v) is 10.7. The Bertz CT molecular complexity index is 1330. The lowest BCUT2D eigenvalue weighted by Gasteiger charge is -2.36. The Balaban J connectivity index is 0.00000259. The van der Waals surface area contributed by atoms with E-state index in [0.29, 0.717) is 11.9 Å². The number of rotatable bonds is 7. The van der Waals surface area contributed by atoms with E-state index in [0.717, 1.165) is 44.5 Å². The summed E-state index contributed by atoms with van der Waals surface area (Å²) in [6.45, 7) is 5.25. The van der Waals surface area contributed by atoms with E-state index >= 15 is 0 Å². The number of nitrogens with one attached hydrogen (secondary N) is 1. The van der Waals surface area contributed by atoms with Crippen molar-refractivity contribution in [1.82, 2.24) is 14.6 Å². The highest BCUT2D eigenvalue weighted by molar-refractivity contribution is 7.89. The molecule has 0 saturated carbocycles. The molecule has 1 aliphatic heterocycles. The average molecular weight is 503 g/mol. The van der Waals surface area contributed by atoms with Crippen molar-refractivity contribution >= 4 is 60.3 Å². The Kier molecular flexibility index (Phi) is 7.51. The van der Waals surface area contributed by atoms with Crippen LogP contribution in [0.4, 0.5) is 5.69 Å².